The second kappa shape index (κ2) is 14.4. The number of hydrogen-bond donors (Lipinski definition) is 0. The summed E-state index contributed by atoms with van der Waals surface area (Å²) >= 11 is 0. The van der Waals surface area contributed by atoms with Crippen molar-refractivity contribution in [1.29, 1.82) is 0 Å². The topological polar surface area (TPSA) is 6.48 Å². The number of anilines is 6. The summed E-state index contributed by atoms with van der Waals surface area (Å²) in [7, 11) is 0. The monoisotopic (exact) mass is 676 g/mol. The van der Waals surface area contributed by atoms with E-state index in [2.05, 4.69) is 233 Å². The first kappa shape index (κ1) is 34.6. The summed E-state index contributed by atoms with van der Waals surface area (Å²) in [6.07, 6.45) is 4.39. The van der Waals surface area contributed by atoms with E-state index in [-0.39, 0.29) is 10.8 Å². The molecule has 52 heavy (non-hydrogen) atoms. The molecule has 0 spiro atoms. The lowest BCUT2D eigenvalue weighted by Gasteiger charge is -2.28. The molecule has 0 bridgehead atoms. The van der Waals surface area contributed by atoms with Crippen LogP contribution in [0, 0.1) is 0 Å². The minimum atomic E-state index is 0.101. The molecule has 0 aliphatic carbocycles. The number of nitrogens with zero attached hydrogens (tertiary/aromatic N) is 2. The Morgan fingerprint density at radius 1 is 0.346 bits per heavy atom. The fourth-order valence-electron chi connectivity index (χ4n) is 6.74. The van der Waals surface area contributed by atoms with Crippen LogP contribution in [-0.2, 0) is 10.8 Å². The summed E-state index contributed by atoms with van der Waals surface area (Å²) in [6.45, 7) is 13.6. The average Bonchev–Trinajstić information content (AvgIpc) is 3.15. The Kier molecular flexibility index (Phi) is 9.58. The maximum atomic E-state index is 2.35. The first-order valence-corrected chi connectivity index (χ1v) is 18.3. The van der Waals surface area contributed by atoms with Gasteiger partial charge in [-0.1, -0.05) is 157 Å². The minimum absolute atomic E-state index is 0.101. The van der Waals surface area contributed by atoms with Gasteiger partial charge in [0, 0.05) is 33.8 Å². The molecule has 0 aliphatic rings. The van der Waals surface area contributed by atoms with Crippen molar-refractivity contribution in [3.05, 3.63) is 192 Å². The summed E-state index contributed by atoms with van der Waals surface area (Å²) in [5, 5.41) is 2.45. The lowest BCUT2D eigenvalue weighted by atomic mass is 9.86. The maximum Gasteiger partial charge on any atom is 0.0540 e. The van der Waals surface area contributed by atoms with Gasteiger partial charge in [0.2, 0.25) is 0 Å². The lowest BCUT2D eigenvalue weighted by molar-refractivity contribution is 0.590. The third-order valence-corrected chi connectivity index (χ3v) is 9.78. The van der Waals surface area contributed by atoms with Crippen molar-refractivity contribution < 1.29 is 0 Å². The number of benzene rings is 7. The summed E-state index contributed by atoms with van der Waals surface area (Å²) in [6, 6.07) is 61.4. The highest BCUT2D eigenvalue weighted by Gasteiger charge is 2.19. The zero-order valence-corrected chi connectivity index (χ0v) is 31.2. The zero-order chi connectivity index (χ0) is 36.3. The highest BCUT2D eigenvalue weighted by atomic mass is 15.1. The normalized spacial score (nSPS) is 12.0. The van der Waals surface area contributed by atoms with Gasteiger partial charge >= 0.3 is 0 Å². The van der Waals surface area contributed by atoms with Crippen LogP contribution in [-0.4, -0.2) is 0 Å². The van der Waals surface area contributed by atoms with Crippen LogP contribution >= 0.6 is 0 Å². The molecular formula is C50H48N2. The van der Waals surface area contributed by atoms with E-state index >= 15 is 0 Å². The van der Waals surface area contributed by atoms with Crippen LogP contribution in [0.1, 0.15) is 63.8 Å². The first-order valence-electron chi connectivity index (χ1n) is 18.3. The fourth-order valence-corrected chi connectivity index (χ4v) is 6.74. The van der Waals surface area contributed by atoms with Crippen LogP contribution in [0.4, 0.5) is 34.1 Å². The Labute approximate surface area is 310 Å². The van der Waals surface area contributed by atoms with Crippen LogP contribution in [0.2, 0.25) is 0 Å². The lowest BCUT2D eigenvalue weighted by Crippen LogP contribution is -2.14. The highest BCUT2D eigenvalue weighted by molar-refractivity contribution is 5.99. The molecule has 0 heterocycles. The SMILES string of the molecule is CC(C)(C)c1ccc(N(c2ccc(/C=C/c3ccc(N(c4ccccc4)c4cccc5ccccc45)cc3)cc2)c2ccc(C(C)(C)C)cc2)cc1. The molecule has 0 saturated carbocycles. The molecule has 0 amide bonds. The molecule has 0 atom stereocenters. The zero-order valence-electron chi connectivity index (χ0n) is 31.2. The Morgan fingerprint density at radius 2 is 0.731 bits per heavy atom. The molecule has 258 valence electrons. The molecule has 0 aliphatic heterocycles. The van der Waals surface area contributed by atoms with Gasteiger partial charge in [-0.2, -0.15) is 0 Å². The summed E-state index contributed by atoms with van der Waals surface area (Å²) in [5.74, 6) is 0. The highest BCUT2D eigenvalue weighted by Crippen LogP contribution is 2.40. The Hall–Kier alpha value is -5.86. The van der Waals surface area contributed by atoms with Gasteiger partial charge in [0.15, 0.2) is 0 Å². The van der Waals surface area contributed by atoms with E-state index in [1.165, 1.54) is 21.9 Å². The largest absolute Gasteiger partial charge is 0.311 e. The van der Waals surface area contributed by atoms with E-state index in [4.69, 9.17) is 0 Å². The Morgan fingerprint density at radius 3 is 1.21 bits per heavy atom. The second-order valence-corrected chi connectivity index (χ2v) is 15.6. The van der Waals surface area contributed by atoms with Crippen LogP contribution in [0.25, 0.3) is 22.9 Å². The Bertz CT molecular complexity index is 2200. The van der Waals surface area contributed by atoms with Gasteiger partial charge in [0.05, 0.1) is 5.69 Å². The van der Waals surface area contributed by atoms with Gasteiger partial charge < -0.3 is 9.80 Å². The molecular weight excluding hydrogens is 629 g/mol. The molecule has 0 aromatic heterocycles. The maximum absolute atomic E-state index is 2.35. The molecule has 0 saturated heterocycles. The van der Waals surface area contributed by atoms with E-state index < -0.39 is 0 Å². The molecule has 7 aromatic rings. The van der Waals surface area contributed by atoms with Crippen LogP contribution in [0.15, 0.2) is 170 Å². The van der Waals surface area contributed by atoms with Gasteiger partial charge in [-0.25, -0.2) is 0 Å². The molecule has 2 nitrogen and oxygen atoms in total. The third-order valence-electron chi connectivity index (χ3n) is 9.78. The molecule has 7 aromatic carbocycles. The van der Waals surface area contributed by atoms with E-state index in [0.29, 0.717) is 0 Å². The van der Waals surface area contributed by atoms with Crippen molar-refractivity contribution in [3.63, 3.8) is 0 Å². The number of rotatable bonds is 8. The van der Waals surface area contributed by atoms with Crippen LogP contribution < -0.4 is 9.80 Å². The standard InChI is InChI=1S/C50H48N2/c1-49(2,3)40-25-33-44(34-26-40)51(45-35-27-41(28-36-45)50(4,5)6)43-29-21-37(22-30-43)19-20-38-23-31-46(32-24-38)52(42-15-8-7-9-16-42)48-18-12-14-39-13-10-11-17-47(39)48/h7-36H,1-6H3/b20-19+. The van der Waals surface area contributed by atoms with Crippen molar-refractivity contribution in [3.8, 4) is 0 Å². The number of para-hydroxylation sites is 1. The van der Waals surface area contributed by atoms with E-state index in [1.807, 2.05) is 0 Å². The third kappa shape index (κ3) is 7.57. The Balaban J connectivity index is 1.15. The molecule has 0 fully saturated rings. The van der Waals surface area contributed by atoms with Crippen molar-refractivity contribution in [2.24, 2.45) is 0 Å². The summed E-state index contributed by atoms with van der Waals surface area (Å²) < 4.78 is 0. The number of hydrogen-bond acceptors (Lipinski definition) is 2. The quantitative estimate of drug-likeness (QED) is 0.148. The average molecular weight is 677 g/mol. The molecule has 0 N–H and O–H groups in total. The molecule has 0 radical (unpaired) electrons. The minimum Gasteiger partial charge on any atom is -0.311 e. The molecule has 7 rings (SSSR count). The molecule has 0 unspecified atom stereocenters. The predicted octanol–water partition coefficient (Wildman–Crippen LogP) is 14.5. The van der Waals surface area contributed by atoms with Gasteiger partial charge in [0.25, 0.3) is 0 Å². The predicted molar refractivity (Wildman–Crippen MR) is 226 cm³/mol. The number of fused-ring (bicyclic) bond motifs is 1. The van der Waals surface area contributed by atoms with Crippen molar-refractivity contribution in [1.82, 2.24) is 0 Å². The van der Waals surface area contributed by atoms with Crippen LogP contribution in [0.5, 0.6) is 0 Å². The smallest absolute Gasteiger partial charge is 0.0540 e. The van der Waals surface area contributed by atoms with E-state index in [1.54, 1.807) is 0 Å². The van der Waals surface area contributed by atoms with Crippen LogP contribution in [0.3, 0.4) is 0 Å². The first-order chi connectivity index (χ1) is 25.0. The van der Waals surface area contributed by atoms with Gasteiger partial charge in [-0.3, -0.25) is 0 Å². The van der Waals surface area contributed by atoms with Gasteiger partial charge in [-0.15, -0.1) is 0 Å². The van der Waals surface area contributed by atoms with E-state index in [9.17, 15) is 0 Å². The summed E-state index contributed by atoms with van der Waals surface area (Å²) in [4.78, 5) is 4.69. The fraction of sp³-hybridized carbons (Fsp3) is 0.160. The van der Waals surface area contributed by atoms with Gasteiger partial charge in [-0.05, 0) is 105 Å². The van der Waals surface area contributed by atoms with Crippen molar-refractivity contribution in [2.75, 3.05) is 9.80 Å². The molecule has 2 heteroatoms. The van der Waals surface area contributed by atoms with Crippen molar-refractivity contribution >= 4 is 57.0 Å². The summed E-state index contributed by atoms with van der Waals surface area (Å²) in [5.41, 5.74) is 12.0. The van der Waals surface area contributed by atoms with Crippen molar-refractivity contribution in [2.45, 2.75) is 52.4 Å². The van der Waals surface area contributed by atoms with Gasteiger partial charge in [0.1, 0.15) is 0 Å². The second-order valence-electron chi connectivity index (χ2n) is 15.6. The van der Waals surface area contributed by atoms with E-state index in [0.717, 1.165) is 45.3 Å².